The molecule has 0 saturated heterocycles. The zero-order valence-electron chi connectivity index (χ0n) is 23.3. The molecule has 0 heterocycles. The maximum Gasteiger partial charge on any atom is 0.0651 e. The number of hydrogen-bond donors (Lipinski definition) is 4. The van der Waals surface area contributed by atoms with Crippen LogP contribution in [0.2, 0.25) is 0 Å². The van der Waals surface area contributed by atoms with E-state index >= 15 is 0 Å². The summed E-state index contributed by atoms with van der Waals surface area (Å²) >= 11 is 0. The zero-order chi connectivity index (χ0) is 25.5. The first-order chi connectivity index (χ1) is 15.4. The summed E-state index contributed by atoms with van der Waals surface area (Å²) in [5, 5.41) is 44.5. The van der Waals surface area contributed by atoms with Gasteiger partial charge in [-0.1, -0.05) is 34.6 Å². The van der Waals surface area contributed by atoms with Gasteiger partial charge in [-0.25, -0.2) is 0 Å². The first-order valence-corrected chi connectivity index (χ1v) is 14.2. The van der Waals surface area contributed by atoms with E-state index in [1.54, 1.807) is 0 Å². The summed E-state index contributed by atoms with van der Waals surface area (Å²) in [6.07, 6.45) is 8.62. The fourth-order valence-electron chi connectivity index (χ4n) is 10.5. The molecule has 4 aliphatic carbocycles. The van der Waals surface area contributed by atoms with Crippen LogP contribution in [0.3, 0.4) is 0 Å². The van der Waals surface area contributed by atoms with E-state index in [0.717, 1.165) is 51.4 Å². The lowest BCUT2D eigenvalue weighted by atomic mass is 9.35. The van der Waals surface area contributed by atoms with Crippen molar-refractivity contribution >= 4 is 0 Å². The van der Waals surface area contributed by atoms with E-state index in [2.05, 4.69) is 34.6 Å². The Labute approximate surface area is 208 Å². The molecular weight excluding hydrogens is 424 g/mol. The van der Waals surface area contributed by atoms with Crippen molar-refractivity contribution in [1.29, 1.82) is 0 Å². The lowest BCUT2D eigenvalue weighted by Crippen LogP contribution is -2.66. The Morgan fingerprint density at radius 3 is 2.00 bits per heavy atom. The van der Waals surface area contributed by atoms with Crippen molar-refractivity contribution in [2.24, 2.45) is 45.3 Å². The van der Waals surface area contributed by atoms with Crippen LogP contribution in [0.15, 0.2) is 0 Å². The van der Waals surface area contributed by atoms with Gasteiger partial charge in [-0.15, -0.1) is 0 Å². The second-order valence-electron chi connectivity index (χ2n) is 15.4. The molecule has 4 heteroatoms. The summed E-state index contributed by atoms with van der Waals surface area (Å²) in [4.78, 5) is 0. The van der Waals surface area contributed by atoms with E-state index in [-0.39, 0.29) is 45.7 Å². The number of aliphatic hydroxyl groups excluding tert-OH is 2. The monoisotopic (exact) mass is 478 g/mol. The molecule has 0 unspecified atom stereocenters. The first kappa shape index (κ1) is 26.9. The van der Waals surface area contributed by atoms with Crippen LogP contribution in [0.5, 0.6) is 0 Å². The first-order valence-electron chi connectivity index (χ1n) is 14.2. The molecule has 0 radical (unpaired) electrons. The van der Waals surface area contributed by atoms with Gasteiger partial charge in [-0.05, 0) is 130 Å². The topological polar surface area (TPSA) is 80.9 Å². The van der Waals surface area contributed by atoms with Gasteiger partial charge in [0, 0.05) is 0 Å². The smallest absolute Gasteiger partial charge is 0.0651 e. The molecule has 4 saturated carbocycles. The predicted molar refractivity (Wildman–Crippen MR) is 137 cm³/mol. The third-order valence-corrected chi connectivity index (χ3v) is 12.6. The SMILES string of the molecule is CC(C)(O)CCC[C@@](C)(O)[C@H]1CC[C@]2(C)[C@@H]1[C@H](O)C[C@H]1[C@]3(C)CC[C@H](O)C(C)(C)[C@H]3CC[C@]12C. The van der Waals surface area contributed by atoms with Crippen molar-refractivity contribution in [2.45, 2.75) is 143 Å². The molecule has 4 rings (SSSR count). The molecule has 0 aromatic rings. The van der Waals surface area contributed by atoms with E-state index in [0.29, 0.717) is 24.7 Å². The predicted octanol–water partition coefficient (Wildman–Crippen LogP) is 5.70. The molecule has 0 bridgehead atoms. The summed E-state index contributed by atoms with van der Waals surface area (Å²) < 4.78 is 0. The van der Waals surface area contributed by atoms with Crippen LogP contribution >= 0.6 is 0 Å². The van der Waals surface area contributed by atoms with Crippen LogP contribution in [0.1, 0.15) is 120 Å². The third kappa shape index (κ3) is 3.84. The Kier molecular flexibility index (Phi) is 6.46. The molecule has 4 aliphatic rings. The van der Waals surface area contributed by atoms with E-state index in [1.807, 2.05) is 20.8 Å². The molecule has 0 aromatic carbocycles. The Balaban J connectivity index is 1.62. The maximum atomic E-state index is 11.8. The number of fused-ring (bicyclic) bond motifs is 5. The van der Waals surface area contributed by atoms with Crippen LogP contribution in [-0.4, -0.2) is 43.8 Å². The summed E-state index contributed by atoms with van der Waals surface area (Å²) in [7, 11) is 0. The van der Waals surface area contributed by atoms with Gasteiger partial charge in [0.25, 0.3) is 0 Å². The normalized spacial score (nSPS) is 50.1. The minimum absolute atomic E-state index is 0.00836. The molecule has 198 valence electrons. The summed E-state index contributed by atoms with van der Waals surface area (Å²) in [6, 6.07) is 0. The molecular formula is C30H54O4. The minimum atomic E-state index is -0.824. The van der Waals surface area contributed by atoms with Gasteiger partial charge in [0.2, 0.25) is 0 Å². The van der Waals surface area contributed by atoms with Crippen LogP contribution in [0.4, 0.5) is 0 Å². The molecule has 0 amide bonds. The molecule has 4 fully saturated rings. The van der Waals surface area contributed by atoms with Crippen molar-refractivity contribution < 1.29 is 20.4 Å². The highest BCUT2D eigenvalue weighted by Gasteiger charge is 2.71. The Morgan fingerprint density at radius 2 is 1.38 bits per heavy atom. The minimum Gasteiger partial charge on any atom is -0.393 e. The maximum absolute atomic E-state index is 11.8. The van der Waals surface area contributed by atoms with Crippen LogP contribution < -0.4 is 0 Å². The highest BCUT2D eigenvalue weighted by atomic mass is 16.3. The molecule has 0 aromatic heterocycles. The molecule has 4 N–H and O–H groups in total. The average Bonchev–Trinajstić information content (AvgIpc) is 3.07. The Bertz CT molecular complexity index is 768. The van der Waals surface area contributed by atoms with Crippen LogP contribution in [0, 0.1) is 45.3 Å². The van der Waals surface area contributed by atoms with Gasteiger partial charge >= 0.3 is 0 Å². The molecule has 4 nitrogen and oxygen atoms in total. The fourth-order valence-corrected chi connectivity index (χ4v) is 10.5. The lowest BCUT2D eigenvalue weighted by Gasteiger charge is -2.70. The molecule has 0 spiro atoms. The third-order valence-electron chi connectivity index (χ3n) is 12.6. The van der Waals surface area contributed by atoms with Crippen LogP contribution in [0.25, 0.3) is 0 Å². The highest BCUT2D eigenvalue weighted by Crippen LogP contribution is 2.75. The van der Waals surface area contributed by atoms with Crippen molar-refractivity contribution in [3.63, 3.8) is 0 Å². The number of rotatable bonds is 5. The molecule has 0 aliphatic heterocycles. The van der Waals surface area contributed by atoms with Gasteiger partial charge in [0.15, 0.2) is 0 Å². The summed E-state index contributed by atoms with van der Waals surface area (Å²) in [6.45, 7) is 17.6. The summed E-state index contributed by atoms with van der Waals surface area (Å²) in [5.74, 6) is 1.15. The quantitative estimate of drug-likeness (QED) is 0.409. The highest BCUT2D eigenvalue weighted by molar-refractivity contribution is 5.19. The zero-order valence-corrected chi connectivity index (χ0v) is 23.3. The van der Waals surface area contributed by atoms with Gasteiger partial charge in [0.1, 0.15) is 0 Å². The van der Waals surface area contributed by atoms with E-state index in [4.69, 9.17) is 0 Å². The second kappa shape index (κ2) is 8.17. The van der Waals surface area contributed by atoms with E-state index in [1.165, 1.54) is 0 Å². The largest absolute Gasteiger partial charge is 0.393 e. The number of hydrogen-bond acceptors (Lipinski definition) is 4. The standard InChI is InChI=1S/C30H54O4/c1-25(2,33)13-9-14-30(8,34)19-10-16-29(7)24(19)20(31)18-22-27(5)15-12-23(32)26(3,4)21(27)11-17-28(22,29)6/h19-24,31-34H,9-18H2,1-8H3/t19-,20+,21+,22-,23-,24-,27+,28+,29+,30+/m0/s1. The van der Waals surface area contributed by atoms with Crippen molar-refractivity contribution in [2.75, 3.05) is 0 Å². The van der Waals surface area contributed by atoms with Gasteiger partial charge in [-0.2, -0.15) is 0 Å². The van der Waals surface area contributed by atoms with Gasteiger partial charge in [0.05, 0.1) is 23.4 Å². The van der Waals surface area contributed by atoms with Crippen molar-refractivity contribution in [3.05, 3.63) is 0 Å². The van der Waals surface area contributed by atoms with E-state index in [9.17, 15) is 20.4 Å². The lowest BCUT2D eigenvalue weighted by molar-refractivity contribution is -0.246. The Hall–Kier alpha value is -0.160. The van der Waals surface area contributed by atoms with E-state index < -0.39 is 11.2 Å². The number of aliphatic hydroxyl groups is 4. The molecule has 34 heavy (non-hydrogen) atoms. The molecule has 10 atom stereocenters. The van der Waals surface area contributed by atoms with Crippen molar-refractivity contribution in [1.82, 2.24) is 0 Å². The van der Waals surface area contributed by atoms with Crippen LogP contribution in [-0.2, 0) is 0 Å². The Morgan fingerprint density at radius 1 is 0.765 bits per heavy atom. The second-order valence-corrected chi connectivity index (χ2v) is 15.4. The summed E-state index contributed by atoms with van der Waals surface area (Å²) in [5.41, 5.74) is -1.33. The fraction of sp³-hybridized carbons (Fsp3) is 1.00. The van der Waals surface area contributed by atoms with Gasteiger partial charge in [-0.3, -0.25) is 0 Å². The average molecular weight is 479 g/mol. The van der Waals surface area contributed by atoms with Gasteiger partial charge < -0.3 is 20.4 Å². The van der Waals surface area contributed by atoms with Crippen molar-refractivity contribution in [3.8, 4) is 0 Å².